The highest BCUT2D eigenvalue weighted by atomic mass is 16.8. The maximum absolute atomic E-state index is 12.4. The van der Waals surface area contributed by atoms with Gasteiger partial charge in [0.1, 0.15) is 13.2 Å². The summed E-state index contributed by atoms with van der Waals surface area (Å²) < 4.78 is 31.3. The topological polar surface area (TPSA) is 107 Å². The highest BCUT2D eigenvalue weighted by Gasteiger charge is 2.21. The van der Waals surface area contributed by atoms with Crippen molar-refractivity contribution >= 4 is 18.5 Å². The van der Waals surface area contributed by atoms with E-state index < -0.39 is 24.6 Å². The molecule has 0 aromatic heterocycles. The zero-order chi connectivity index (χ0) is 37.3. The van der Waals surface area contributed by atoms with E-state index >= 15 is 0 Å². The highest BCUT2D eigenvalue weighted by Crippen LogP contribution is 2.13. The summed E-state index contributed by atoms with van der Waals surface area (Å²) >= 11 is 0. The Morgan fingerprint density at radius 2 is 0.549 bits per heavy atom. The molecule has 0 aliphatic rings. The van der Waals surface area contributed by atoms with Gasteiger partial charge in [0, 0.05) is 0 Å². The molecule has 0 saturated heterocycles. The maximum Gasteiger partial charge on any atom is 0.508 e. The normalized spacial score (nSPS) is 11.1. The second kappa shape index (κ2) is 40.6. The van der Waals surface area contributed by atoms with Crippen molar-refractivity contribution < 1.29 is 42.8 Å². The number of rotatable bonds is 38. The zero-order valence-electron chi connectivity index (χ0n) is 33.5. The number of hydrogen-bond donors (Lipinski definition) is 0. The molecular formula is C42H80O9. The maximum atomic E-state index is 12.4. The van der Waals surface area contributed by atoms with Crippen molar-refractivity contribution in [2.75, 3.05) is 33.0 Å². The van der Waals surface area contributed by atoms with Crippen LogP contribution in [-0.4, -0.2) is 57.6 Å². The van der Waals surface area contributed by atoms with E-state index in [1.54, 1.807) is 0 Å². The lowest BCUT2D eigenvalue weighted by Crippen LogP contribution is -2.31. The highest BCUT2D eigenvalue weighted by molar-refractivity contribution is 5.61. The number of carbonyl (C=O) groups is 3. The van der Waals surface area contributed by atoms with Crippen LogP contribution < -0.4 is 0 Å². The average Bonchev–Trinajstić information content (AvgIpc) is 3.12. The number of unbranched alkanes of at least 4 members (excludes halogenated alkanes) is 27. The van der Waals surface area contributed by atoms with Crippen LogP contribution in [0.25, 0.3) is 0 Å². The fourth-order valence-electron chi connectivity index (χ4n) is 5.93. The molecule has 0 rings (SSSR count). The summed E-state index contributed by atoms with van der Waals surface area (Å²) in [5, 5.41) is 0. The first-order valence-electron chi connectivity index (χ1n) is 21.5. The lowest BCUT2D eigenvalue weighted by atomic mass is 10.1. The number of carbonyl (C=O) groups excluding carboxylic acids is 3. The van der Waals surface area contributed by atoms with Gasteiger partial charge in [0.05, 0.1) is 19.8 Å². The van der Waals surface area contributed by atoms with Crippen molar-refractivity contribution in [2.24, 2.45) is 0 Å². The Hall–Kier alpha value is -2.19. The van der Waals surface area contributed by atoms with Crippen molar-refractivity contribution in [1.82, 2.24) is 0 Å². The summed E-state index contributed by atoms with van der Waals surface area (Å²) in [4.78, 5) is 36.8. The molecule has 0 amide bonds. The molecule has 302 valence electrons. The van der Waals surface area contributed by atoms with Crippen molar-refractivity contribution in [1.29, 1.82) is 0 Å². The molecule has 0 aromatic carbocycles. The average molecular weight is 729 g/mol. The van der Waals surface area contributed by atoms with Crippen LogP contribution in [-0.2, 0) is 28.4 Å². The van der Waals surface area contributed by atoms with Crippen LogP contribution in [0.3, 0.4) is 0 Å². The predicted molar refractivity (Wildman–Crippen MR) is 206 cm³/mol. The molecule has 0 saturated carbocycles. The summed E-state index contributed by atoms with van der Waals surface area (Å²) in [6.07, 6.45) is 31.9. The third-order valence-electron chi connectivity index (χ3n) is 9.19. The van der Waals surface area contributed by atoms with Crippen molar-refractivity contribution in [2.45, 2.75) is 219 Å². The summed E-state index contributed by atoms with van der Waals surface area (Å²) in [5.41, 5.74) is 0. The second-order valence-corrected chi connectivity index (χ2v) is 14.2. The minimum absolute atomic E-state index is 0.242. The van der Waals surface area contributed by atoms with E-state index in [1.165, 1.54) is 135 Å². The van der Waals surface area contributed by atoms with E-state index in [9.17, 15) is 14.4 Å². The monoisotopic (exact) mass is 729 g/mol. The Morgan fingerprint density at radius 1 is 0.314 bits per heavy atom. The molecule has 0 unspecified atom stereocenters. The molecule has 0 heterocycles. The van der Waals surface area contributed by atoms with Gasteiger partial charge < -0.3 is 28.4 Å². The first-order chi connectivity index (χ1) is 25.0. The molecule has 0 spiro atoms. The summed E-state index contributed by atoms with van der Waals surface area (Å²) in [7, 11) is 0. The predicted octanol–water partition coefficient (Wildman–Crippen LogP) is 13.6. The molecule has 0 aliphatic carbocycles. The van der Waals surface area contributed by atoms with E-state index in [0.29, 0.717) is 0 Å². The molecule has 0 radical (unpaired) electrons. The quantitative estimate of drug-likeness (QED) is 0.0349. The lowest BCUT2D eigenvalue weighted by molar-refractivity contribution is -0.0458. The first-order valence-corrected chi connectivity index (χ1v) is 21.5. The van der Waals surface area contributed by atoms with Gasteiger partial charge in [-0.1, -0.05) is 194 Å². The molecule has 0 aromatic rings. The molecule has 0 atom stereocenters. The smallest absolute Gasteiger partial charge is 0.434 e. The van der Waals surface area contributed by atoms with Crippen LogP contribution in [0.2, 0.25) is 0 Å². The fraction of sp³-hybridized carbons (Fsp3) is 0.929. The number of hydrogen-bond acceptors (Lipinski definition) is 9. The van der Waals surface area contributed by atoms with E-state index in [4.69, 9.17) is 28.4 Å². The third-order valence-corrected chi connectivity index (χ3v) is 9.19. The van der Waals surface area contributed by atoms with E-state index in [2.05, 4.69) is 20.8 Å². The SMILES string of the molecule is CCCCCCCCCCCCOC(=O)OCC(COC(=O)OCCCCCCCCCCCC)OC(=O)OCCCCCCCCCCCC. The van der Waals surface area contributed by atoms with Gasteiger partial charge in [-0.2, -0.15) is 0 Å². The van der Waals surface area contributed by atoms with Gasteiger partial charge in [-0.05, 0) is 19.3 Å². The van der Waals surface area contributed by atoms with E-state index in [0.717, 1.165) is 57.8 Å². The van der Waals surface area contributed by atoms with Crippen LogP contribution in [0.15, 0.2) is 0 Å². The standard InChI is InChI=1S/C42H80O9/c1-4-7-10-13-16-19-22-25-28-31-34-46-40(43)49-37-39(51-42(45)48-36-33-30-27-24-21-18-15-12-9-6-3)38-50-41(44)47-35-32-29-26-23-20-17-14-11-8-5-2/h39H,4-38H2,1-3H3. The van der Waals surface area contributed by atoms with Gasteiger partial charge in [-0.25, -0.2) is 14.4 Å². The van der Waals surface area contributed by atoms with Crippen molar-refractivity contribution in [3.05, 3.63) is 0 Å². The van der Waals surface area contributed by atoms with Gasteiger partial charge in [0.25, 0.3) is 0 Å². The van der Waals surface area contributed by atoms with Crippen LogP contribution in [0.4, 0.5) is 14.4 Å². The summed E-state index contributed by atoms with van der Waals surface area (Å²) in [6.45, 7) is 6.82. The van der Waals surface area contributed by atoms with E-state index in [1.807, 2.05) is 0 Å². The Balaban J connectivity index is 4.33. The lowest BCUT2D eigenvalue weighted by Gasteiger charge is -2.17. The zero-order valence-corrected chi connectivity index (χ0v) is 33.5. The van der Waals surface area contributed by atoms with Gasteiger partial charge in [0.15, 0.2) is 6.10 Å². The molecule has 0 N–H and O–H groups in total. The van der Waals surface area contributed by atoms with Crippen LogP contribution in [0.5, 0.6) is 0 Å². The van der Waals surface area contributed by atoms with Crippen molar-refractivity contribution in [3.63, 3.8) is 0 Å². The molecule has 51 heavy (non-hydrogen) atoms. The minimum atomic E-state index is -1.04. The van der Waals surface area contributed by atoms with Crippen LogP contribution in [0.1, 0.15) is 213 Å². The molecule has 9 nitrogen and oxygen atoms in total. The number of ether oxygens (including phenoxy) is 6. The van der Waals surface area contributed by atoms with Crippen LogP contribution >= 0.6 is 0 Å². The molecule has 0 bridgehead atoms. The van der Waals surface area contributed by atoms with Crippen molar-refractivity contribution in [3.8, 4) is 0 Å². The molecule has 9 heteroatoms. The van der Waals surface area contributed by atoms with Gasteiger partial charge in [0.2, 0.25) is 0 Å². The van der Waals surface area contributed by atoms with Gasteiger partial charge in [-0.3, -0.25) is 0 Å². The van der Waals surface area contributed by atoms with E-state index in [-0.39, 0.29) is 33.0 Å². The minimum Gasteiger partial charge on any atom is -0.434 e. The second-order valence-electron chi connectivity index (χ2n) is 14.2. The summed E-state index contributed by atoms with van der Waals surface area (Å²) in [6, 6.07) is 0. The Bertz CT molecular complexity index is 719. The van der Waals surface area contributed by atoms with Gasteiger partial charge >= 0.3 is 18.5 Å². The summed E-state index contributed by atoms with van der Waals surface area (Å²) in [5.74, 6) is 0. The molecule has 0 aliphatic heterocycles. The first kappa shape index (κ1) is 48.8. The van der Waals surface area contributed by atoms with Crippen LogP contribution in [0, 0.1) is 0 Å². The third kappa shape index (κ3) is 38.9. The Labute approximate surface area is 313 Å². The molecule has 0 fully saturated rings. The van der Waals surface area contributed by atoms with Gasteiger partial charge in [-0.15, -0.1) is 0 Å². The largest absolute Gasteiger partial charge is 0.508 e. The fourth-order valence-corrected chi connectivity index (χ4v) is 5.93. The Morgan fingerprint density at radius 3 is 0.824 bits per heavy atom. The Kier molecular flexibility index (Phi) is 38.8. The molecular weight excluding hydrogens is 648 g/mol.